The zero-order chi connectivity index (χ0) is 21.3. The summed E-state index contributed by atoms with van der Waals surface area (Å²) in [5.74, 6) is -2.00. The van der Waals surface area contributed by atoms with Gasteiger partial charge < -0.3 is 5.32 Å². The molecule has 3 amide bonds. The average molecular weight is 428 g/mol. The van der Waals surface area contributed by atoms with E-state index in [-0.39, 0.29) is 47.1 Å². The Morgan fingerprint density at radius 2 is 1.80 bits per heavy atom. The molecule has 2 aromatic carbocycles. The Balaban J connectivity index is 1.31. The number of hydrogen-bond acceptors (Lipinski definition) is 4. The van der Waals surface area contributed by atoms with Crippen molar-refractivity contribution in [2.45, 2.75) is 12.3 Å². The summed E-state index contributed by atoms with van der Waals surface area (Å²) in [6, 6.07) is 12.4. The third kappa shape index (κ3) is 4.14. The lowest BCUT2D eigenvalue weighted by Gasteiger charge is -2.13. The predicted molar refractivity (Wildman–Crippen MR) is 109 cm³/mol. The number of hydrogen-bond donors (Lipinski definition) is 1. The lowest BCUT2D eigenvalue weighted by molar-refractivity contribution is -0.124. The van der Waals surface area contributed by atoms with Crippen LogP contribution < -0.4 is 5.32 Å². The molecule has 154 valence electrons. The van der Waals surface area contributed by atoms with Gasteiger partial charge in [-0.15, -0.1) is 0 Å². The monoisotopic (exact) mass is 428 g/mol. The minimum absolute atomic E-state index is 0.0160. The van der Waals surface area contributed by atoms with Crippen molar-refractivity contribution >= 4 is 34.9 Å². The van der Waals surface area contributed by atoms with Crippen LogP contribution in [0.5, 0.6) is 0 Å². The molecule has 0 bridgehead atoms. The zero-order valence-corrected chi connectivity index (χ0v) is 16.6. The third-order valence-electron chi connectivity index (χ3n) is 5.13. The molecule has 2 fully saturated rings. The van der Waals surface area contributed by atoms with Gasteiger partial charge in [0.1, 0.15) is 11.6 Å². The van der Waals surface area contributed by atoms with Gasteiger partial charge >= 0.3 is 0 Å². The molecule has 1 saturated heterocycles. The molecule has 2 atom stereocenters. The maximum Gasteiger partial charge on any atom is 0.293 e. The van der Waals surface area contributed by atoms with Gasteiger partial charge in [-0.3, -0.25) is 19.3 Å². The van der Waals surface area contributed by atoms with Gasteiger partial charge in [-0.25, -0.2) is 8.78 Å². The molecule has 1 heterocycles. The fourth-order valence-electron chi connectivity index (χ4n) is 3.45. The molecule has 2 aromatic rings. The first-order valence-corrected chi connectivity index (χ1v) is 10.3. The summed E-state index contributed by atoms with van der Waals surface area (Å²) >= 11 is 0.740. The van der Waals surface area contributed by atoms with E-state index in [4.69, 9.17) is 0 Å². The standard InChI is InChI=1S/C22H18F2N2O3S/c23-17-7-3-1-5-13(17)11-19-21(28)26(22(29)30-19)10-9-25-20(27)16-12-15(16)14-6-2-4-8-18(14)24/h1-8,11,15-16H,9-10,12H2,(H,25,27)/b19-11-. The topological polar surface area (TPSA) is 66.5 Å². The number of nitrogens with zero attached hydrogens (tertiary/aromatic N) is 1. The Labute approximate surface area is 176 Å². The number of imide groups is 1. The highest BCUT2D eigenvalue weighted by molar-refractivity contribution is 8.18. The fourth-order valence-corrected chi connectivity index (χ4v) is 4.31. The summed E-state index contributed by atoms with van der Waals surface area (Å²) in [6.45, 7) is 0.118. The van der Waals surface area contributed by atoms with Crippen LogP contribution in [0.4, 0.5) is 13.6 Å². The number of carbonyl (C=O) groups excluding carboxylic acids is 3. The second kappa shape index (κ2) is 8.39. The van der Waals surface area contributed by atoms with Gasteiger partial charge in [-0.05, 0) is 47.9 Å². The van der Waals surface area contributed by atoms with Gasteiger partial charge in [0.2, 0.25) is 5.91 Å². The van der Waals surface area contributed by atoms with Crippen molar-refractivity contribution in [1.29, 1.82) is 0 Å². The molecule has 2 unspecified atom stereocenters. The van der Waals surface area contributed by atoms with Gasteiger partial charge in [-0.2, -0.15) is 0 Å². The Morgan fingerprint density at radius 1 is 1.10 bits per heavy atom. The summed E-state index contributed by atoms with van der Waals surface area (Å²) in [4.78, 5) is 38.1. The lowest BCUT2D eigenvalue weighted by atomic mass is 10.1. The summed E-state index contributed by atoms with van der Waals surface area (Å²) < 4.78 is 27.6. The van der Waals surface area contributed by atoms with Gasteiger partial charge in [0, 0.05) is 24.6 Å². The van der Waals surface area contributed by atoms with Crippen LogP contribution in [0.25, 0.3) is 6.08 Å². The number of carbonyl (C=O) groups is 3. The van der Waals surface area contributed by atoms with Crippen LogP contribution in [0.15, 0.2) is 53.4 Å². The number of benzene rings is 2. The van der Waals surface area contributed by atoms with E-state index in [0.29, 0.717) is 12.0 Å². The molecule has 0 spiro atoms. The molecule has 4 rings (SSSR count). The highest BCUT2D eigenvalue weighted by Crippen LogP contribution is 2.48. The summed E-state index contributed by atoms with van der Waals surface area (Å²) in [6.07, 6.45) is 1.92. The Kier molecular flexibility index (Phi) is 5.67. The molecule has 0 aromatic heterocycles. The fraction of sp³-hybridized carbons (Fsp3) is 0.227. The van der Waals surface area contributed by atoms with Crippen molar-refractivity contribution in [2.75, 3.05) is 13.1 Å². The van der Waals surface area contributed by atoms with E-state index < -0.39 is 17.0 Å². The highest BCUT2D eigenvalue weighted by Gasteiger charge is 2.45. The van der Waals surface area contributed by atoms with E-state index >= 15 is 0 Å². The second-order valence-corrected chi connectivity index (χ2v) is 8.11. The van der Waals surface area contributed by atoms with E-state index in [1.165, 1.54) is 30.3 Å². The number of thioether (sulfide) groups is 1. The SMILES string of the molecule is O=C(NCCN1C(=O)S/C(=C\c2ccccc2F)C1=O)C1CC1c1ccccc1F. The van der Waals surface area contributed by atoms with Crippen molar-refractivity contribution in [3.8, 4) is 0 Å². The molecule has 8 heteroatoms. The van der Waals surface area contributed by atoms with Crippen LogP contribution in [-0.2, 0) is 9.59 Å². The van der Waals surface area contributed by atoms with E-state index in [1.807, 2.05) is 0 Å². The molecule has 1 saturated carbocycles. The van der Waals surface area contributed by atoms with Crippen molar-refractivity contribution < 1.29 is 23.2 Å². The first-order valence-electron chi connectivity index (χ1n) is 9.47. The van der Waals surface area contributed by atoms with Gasteiger partial charge in [0.25, 0.3) is 11.1 Å². The lowest BCUT2D eigenvalue weighted by Crippen LogP contribution is -2.37. The number of amides is 3. The van der Waals surface area contributed by atoms with Crippen LogP contribution in [0.1, 0.15) is 23.5 Å². The minimum atomic E-state index is -0.516. The van der Waals surface area contributed by atoms with Crippen molar-refractivity contribution in [3.05, 3.63) is 76.2 Å². The number of halogens is 2. The number of rotatable bonds is 6. The molecular formula is C22H18F2N2O3S. The summed E-state index contributed by atoms with van der Waals surface area (Å²) in [7, 11) is 0. The minimum Gasteiger partial charge on any atom is -0.354 e. The van der Waals surface area contributed by atoms with E-state index in [2.05, 4.69) is 5.32 Å². The van der Waals surface area contributed by atoms with Crippen molar-refractivity contribution in [1.82, 2.24) is 10.2 Å². The van der Waals surface area contributed by atoms with Crippen molar-refractivity contribution in [2.24, 2.45) is 5.92 Å². The van der Waals surface area contributed by atoms with Crippen LogP contribution in [0.2, 0.25) is 0 Å². The average Bonchev–Trinajstić information content (AvgIpc) is 3.47. The maximum atomic E-state index is 13.8. The van der Waals surface area contributed by atoms with Crippen LogP contribution in [0.3, 0.4) is 0 Å². The quantitative estimate of drug-likeness (QED) is 0.709. The predicted octanol–water partition coefficient (Wildman–Crippen LogP) is 3.92. The van der Waals surface area contributed by atoms with Crippen LogP contribution in [-0.4, -0.2) is 35.0 Å². The molecule has 1 aliphatic heterocycles. The Morgan fingerprint density at radius 3 is 2.53 bits per heavy atom. The van der Waals surface area contributed by atoms with Gasteiger partial charge in [0.05, 0.1) is 4.91 Å². The maximum absolute atomic E-state index is 13.8. The molecule has 1 aliphatic carbocycles. The van der Waals surface area contributed by atoms with Gasteiger partial charge in [-0.1, -0.05) is 36.4 Å². The van der Waals surface area contributed by atoms with Gasteiger partial charge in [0.15, 0.2) is 0 Å². The molecule has 30 heavy (non-hydrogen) atoms. The Hall–Kier alpha value is -3.00. The smallest absolute Gasteiger partial charge is 0.293 e. The van der Waals surface area contributed by atoms with Crippen LogP contribution in [0, 0.1) is 17.6 Å². The molecular weight excluding hydrogens is 410 g/mol. The molecule has 0 radical (unpaired) electrons. The Bertz CT molecular complexity index is 1060. The summed E-state index contributed by atoms with van der Waals surface area (Å²) in [5, 5.41) is 2.24. The largest absolute Gasteiger partial charge is 0.354 e. The molecule has 1 N–H and O–H groups in total. The third-order valence-corrected chi connectivity index (χ3v) is 6.04. The second-order valence-electron chi connectivity index (χ2n) is 7.12. The molecule has 2 aliphatic rings. The first kappa shape index (κ1) is 20.3. The first-order chi connectivity index (χ1) is 14.5. The summed E-state index contributed by atoms with van der Waals surface area (Å²) in [5.41, 5.74) is 0.756. The zero-order valence-electron chi connectivity index (χ0n) is 15.8. The normalized spacial score (nSPS) is 21.9. The van der Waals surface area contributed by atoms with E-state index in [9.17, 15) is 23.2 Å². The van der Waals surface area contributed by atoms with E-state index in [0.717, 1.165) is 16.7 Å². The van der Waals surface area contributed by atoms with Crippen LogP contribution >= 0.6 is 11.8 Å². The number of nitrogens with one attached hydrogen (secondary N) is 1. The van der Waals surface area contributed by atoms with Crippen molar-refractivity contribution in [3.63, 3.8) is 0 Å². The molecule has 5 nitrogen and oxygen atoms in total. The van der Waals surface area contributed by atoms with E-state index in [1.54, 1.807) is 24.3 Å². The highest BCUT2D eigenvalue weighted by atomic mass is 32.2.